The maximum atomic E-state index is 11.8. The Bertz CT molecular complexity index is 498. The van der Waals surface area contributed by atoms with Crippen LogP contribution in [-0.2, 0) is 9.53 Å². The molecule has 21 heavy (non-hydrogen) atoms. The minimum absolute atomic E-state index is 0.152. The van der Waals surface area contributed by atoms with Gasteiger partial charge in [0.2, 0.25) is 5.91 Å². The number of carboxylic acids is 1. The molecule has 0 radical (unpaired) electrons. The van der Waals surface area contributed by atoms with Crippen molar-refractivity contribution in [3.63, 3.8) is 0 Å². The SMILES string of the molecule is O=C(CCOC1CCNCC1)Nc1cccc(C(=O)O)c1. The Morgan fingerprint density at radius 1 is 1.33 bits per heavy atom. The number of benzene rings is 1. The van der Waals surface area contributed by atoms with E-state index < -0.39 is 5.97 Å². The van der Waals surface area contributed by atoms with Gasteiger partial charge in [-0.15, -0.1) is 0 Å². The van der Waals surface area contributed by atoms with Gasteiger partial charge in [-0.25, -0.2) is 4.79 Å². The number of hydrogen-bond acceptors (Lipinski definition) is 4. The summed E-state index contributed by atoms with van der Waals surface area (Å²) in [5, 5.41) is 14.8. The van der Waals surface area contributed by atoms with E-state index in [1.807, 2.05) is 0 Å². The average molecular weight is 292 g/mol. The van der Waals surface area contributed by atoms with Gasteiger partial charge in [-0.2, -0.15) is 0 Å². The predicted molar refractivity (Wildman–Crippen MR) is 78.5 cm³/mol. The van der Waals surface area contributed by atoms with Gasteiger partial charge in [0.15, 0.2) is 0 Å². The number of carboxylic acid groups (broad SMARTS) is 1. The number of aromatic carboxylic acids is 1. The van der Waals surface area contributed by atoms with E-state index in [-0.39, 0.29) is 24.0 Å². The van der Waals surface area contributed by atoms with E-state index in [9.17, 15) is 9.59 Å². The Kier molecular flexibility index (Phi) is 5.71. The lowest BCUT2D eigenvalue weighted by Gasteiger charge is -2.22. The Morgan fingerprint density at radius 3 is 2.81 bits per heavy atom. The summed E-state index contributed by atoms with van der Waals surface area (Å²) in [5.41, 5.74) is 0.639. The van der Waals surface area contributed by atoms with Crippen LogP contribution in [0.1, 0.15) is 29.6 Å². The van der Waals surface area contributed by atoms with Crippen molar-refractivity contribution in [2.75, 3.05) is 25.0 Å². The van der Waals surface area contributed by atoms with Gasteiger partial charge in [-0.1, -0.05) is 6.07 Å². The van der Waals surface area contributed by atoms with Crippen LogP contribution in [0.5, 0.6) is 0 Å². The van der Waals surface area contributed by atoms with Gasteiger partial charge in [0.25, 0.3) is 0 Å². The number of anilines is 1. The quantitative estimate of drug-likeness (QED) is 0.739. The molecule has 1 fully saturated rings. The zero-order valence-electron chi connectivity index (χ0n) is 11.8. The normalized spacial score (nSPS) is 15.6. The van der Waals surface area contributed by atoms with Gasteiger partial charge in [-0.3, -0.25) is 4.79 Å². The molecule has 0 aromatic heterocycles. The highest BCUT2D eigenvalue weighted by molar-refractivity contribution is 5.93. The van der Waals surface area contributed by atoms with Crippen molar-refractivity contribution in [2.24, 2.45) is 0 Å². The molecule has 114 valence electrons. The summed E-state index contributed by atoms with van der Waals surface area (Å²) in [6.07, 6.45) is 2.44. The third-order valence-corrected chi connectivity index (χ3v) is 3.36. The Morgan fingerprint density at radius 2 is 2.10 bits per heavy atom. The van der Waals surface area contributed by atoms with Crippen molar-refractivity contribution < 1.29 is 19.4 Å². The topological polar surface area (TPSA) is 87.7 Å². The van der Waals surface area contributed by atoms with E-state index in [0.29, 0.717) is 12.3 Å². The molecule has 1 aromatic carbocycles. The molecule has 0 saturated carbocycles. The zero-order chi connectivity index (χ0) is 15.1. The van der Waals surface area contributed by atoms with Gasteiger partial charge >= 0.3 is 5.97 Å². The van der Waals surface area contributed by atoms with E-state index in [4.69, 9.17) is 9.84 Å². The predicted octanol–water partition coefficient (Wildman–Crippen LogP) is 1.48. The smallest absolute Gasteiger partial charge is 0.335 e. The average Bonchev–Trinajstić information content (AvgIpc) is 2.48. The lowest BCUT2D eigenvalue weighted by atomic mass is 10.1. The number of piperidine rings is 1. The molecule has 0 unspecified atom stereocenters. The maximum absolute atomic E-state index is 11.8. The molecular formula is C15H20N2O4. The van der Waals surface area contributed by atoms with Gasteiger partial charge in [0, 0.05) is 5.69 Å². The Hall–Kier alpha value is -1.92. The summed E-state index contributed by atoms with van der Waals surface area (Å²) < 4.78 is 5.66. The van der Waals surface area contributed by atoms with Crippen LogP contribution in [0.2, 0.25) is 0 Å². The van der Waals surface area contributed by atoms with Crippen LogP contribution in [0.4, 0.5) is 5.69 Å². The monoisotopic (exact) mass is 292 g/mol. The summed E-state index contributed by atoms with van der Waals surface area (Å²) in [6, 6.07) is 6.19. The van der Waals surface area contributed by atoms with Crippen LogP contribution in [0, 0.1) is 0 Å². The fourth-order valence-corrected chi connectivity index (χ4v) is 2.23. The summed E-state index contributed by atoms with van der Waals surface area (Å²) in [4.78, 5) is 22.6. The molecule has 1 saturated heterocycles. The molecule has 1 aromatic rings. The van der Waals surface area contributed by atoms with Crippen molar-refractivity contribution in [1.82, 2.24) is 5.32 Å². The summed E-state index contributed by atoms with van der Waals surface area (Å²) in [5.74, 6) is -1.19. The minimum Gasteiger partial charge on any atom is -0.478 e. The molecule has 2 rings (SSSR count). The number of nitrogens with one attached hydrogen (secondary N) is 2. The van der Waals surface area contributed by atoms with Gasteiger partial charge < -0.3 is 20.5 Å². The number of carbonyl (C=O) groups excluding carboxylic acids is 1. The molecule has 6 nitrogen and oxygen atoms in total. The lowest BCUT2D eigenvalue weighted by Crippen LogP contribution is -2.33. The second-order valence-electron chi connectivity index (χ2n) is 5.00. The highest BCUT2D eigenvalue weighted by Crippen LogP contribution is 2.12. The van der Waals surface area contributed by atoms with Crippen LogP contribution in [0.25, 0.3) is 0 Å². The molecule has 1 aliphatic heterocycles. The van der Waals surface area contributed by atoms with Gasteiger partial charge in [0.05, 0.1) is 24.7 Å². The van der Waals surface area contributed by atoms with Crippen LogP contribution in [0.3, 0.4) is 0 Å². The molecule has 3 N–H and O–H groups in total. The summed E-state index contributed by atoms with van der Waals surface area (Å²) in [6.45, 7) is 2.30. The second kappa shape index (κ2) is 7.75. The Labute approximate surface area is 123 Å². The van der Waals surface area contributed by atoms with Gasteiger partial charge in [0.1, 0.15) is 0 Å². The van der Waals surface area contributed by atoms with E-state index >= 15 is 0 Å². The molecule has 1 amide bonds. The summed E-state index contributed by atoms with van der Waals surface area (Å²) >= 11 is 0. The number of amides is 1. The van der Waals surface area contributed by atoms with E-state index in [1.54, 1.807) is 12.1 Å². The van der Waals surface area contributed by atoms with Crippen molar-refractivity contribution in [1.29, 1.82) is 0 Å². The number of carbonyl (C=O) groups is 2. The fraction of sp³-hybridized carbons (Fsp3) is 0.467. The highest BCUT2D eigenvalue weighted by Gasteiger charge is 2.13. The van der Waals surface area contributed by atoms with Crippen molar-refractivity contribution in [2.45, 2.75) is 25.4 Å². The van der Waals surface area contributed by atoms with E-state index in [1.165, 1.54) is 12.1 Å². The highest BCUT2D eigenvalue weighted by atomic mass is 16.5. The third-order valence-electron chi connectivity index (χ3n) is 3.36. The molecular weight excluding hydrogens is 272 g/mol. The minimum atomic E-state index is -1.01. The molecule has 1 aliphatic rings. The van der Waals surface area contributed by atoms with E-state index in [2.05, 4.69) is 10.6 Å². The molecule has 0 bridgehead atoms. The number of hydrogen-bond donors (Lipinski definition) is 3. The first-order valence-corrected chi connectivity index (χ1v) is 7.10. The summed E-state index contributed by atoms with van der Waals surface area (Å²) in [7, 11) is 0. The van der Waals surface area contributed by atoms with Crippen LogP contribution >= 0.6 is 0 Å². The maximum Gasteiger partial charge on any atom is 0.335 e. The lowest BCUT2D eigenvalue weighted by molar-refractivity contribution is -0.117. The first kappa shape index (κ1) is 15.5. The van der Waals surface area contributed by atoms with Crippen LogP contribution in [0.15, 0.2) is 24.3 Å². The number of ether oxygens (including phenoxy) is 1. The first-order chi connectivity index (χ1) is 10.1. The second-order valence-corrected chi connectivity index (χ2v) is 5.00. The van der Waals surface area contributed by atoms with Crippen LogP contribution in [-0.4, -0.2) is 42.8 Å². The standard InChI is InChI=1S/C15H20N2O4/c18-14(6-9-21-13-4-7-16-8-5-13)17-12-3-1-2-11(10-12)15(19)20/h1-3,10,13,16H,4-9H2,(H,17,18)(H,19,20). The molecule has 0 atom stereocenters. The van der Waals surface area contributed by atoms with Crippen molar-refractivity contribution in [3.05, 3.63) is 29.8 Å². The molecule has 6 heteroatoms. The van der Waals surface area contributed by atoms with Gasteiger partial charge in [-0.05, 0) is 44.1 Å². The largest absolute Gasteiger partial charge is 0.478 e. The van der Waals surface area contributed by atoms with Crippen molar-refractivity contribution in [3.8, 4) is 0 Å². The van der Waals surface area contributed by atoms with E-state index in [0.717, 1.165) is 25.9 Å². The zero-order valence-corrected chi connectivity index (χ0v) is 11.8. The van der Waals surface area contributed by atoms with Crippen molar-refractivity contribution >= 4 is 17.6 Å². The molecule has 0 aliphatic carbocycles. The first-order valence-electron chi connectivity index (χ1n) is 7.10. The third kappa shape index (κ3) is 5.17. The fourth-order valence-electron chi connectivity index (χ4n) is 2.23. The molecule has 0 spiro atoms. The Balaban J connectivity index is 1.73. The molecule has 1 heterocycles. The van der Waals surface area contributed by atoms with Crippen LogP contribution < -0.4 is 10.6 Å². The number of rotatable bonds is 6.